The van der Waals surface area contributed by atoms with Crippen LogP contribution in [-0.4, -0.2) is 35.5 Å². The Labute approximate surface area is 147 Å². The van der Waals surface area contributed by atoms with Crippen LogP contribution in [0.15, 0.2) is 58.7 Å². The average Bonchev–Trinajstić information content (AvgIpc) is 3.09. The Morgan fingerprint density at radius 1 is 1.33 bits per heavy atom. The molecular formula is C18H24N4OS. The van der Waals surface area contributed by atoms with Gasteiger partial charge < -0.3 is 15.1 Å². The fraction of sp³-hybridized carbons (Fsp3) is 0.333. The zero-order chi connectivity index (χ0) is 17.0. The van der Waals surface area contributed by atoms with Crippen molar-refractivity contribution < 1.29 is 4.42 Å². The number of thioether (sulfide) groups is 1. The van der Waals surface area contributed by atoms with E-state index in [2.05, 4.69) is 27.2 Å². The predicted molar refractivity (Wildman–Crippen MR) is 102 cm³/mol. The number of aromatic nitrogens is 1. The van der Waals surface area contributed by atoms with E-state index >= 15 is 0 Å². The van der Waals surface area contributed by atoms with E-state index in [1.165, 1.54) is 0 Å². The molecule has 0 saturated heterocycles. The van der Waals surface area contributed by atoms with E-state index in [9.17, 15) is 0 Å². The van der Waals surface area contributed by atoms with Crippen LogP contribution in [0.25, 0.3) is 11.5 Å². The van der Waals surface area contributed by atoms with Crippen molar-refractivity contribution in [2.24, 2.45) is 4.99 Å². The number of nitrogens with one attached hydrogen (secondary N) is 2. The van der Waals surface area contributed by atoms with Gasteiger partial charge in [0.2, 0.25) is 5.89 Å². The van der Waals surface area contributed by atoms with Gasteiger partial charge in [0, 0.05) is 30.2 Å². The number of oxazole rings is 1. The summed E-state index contributed by atoms with van der Waals surface area (Å²) in [5.74, 6) is 3.40. The first-order valence-corrected chi connectivity index (χ1v) is 9.19. The van der Waals surface area contributed by atoms with Gasteiger partial charge in [0.25, 0.3) is 0 Å². The van der Waals surface area contributed by atoms with Crippen LogP contribution < -0.4 is 10.6 Å². The second-order valence-electron chi connectivity index (χ2n) is 5.00. The van der Waals surface area contributed by atoms with Gasteiger partial charge in [-0.25, -0.2) is 9.98 Å². The fourth-order valence-electron chi connectivity index (χ4n) is 2.00. The molecule has 0 aliphatic carbocycles. The number of nitrogens with zero attached hydrogens (tertiary/aromatic N) is 2. The molecule has 0 radical (unpaired) electrons. The largest absolute Gasteiger partial charge is 0.444 e. The van der Waals surface area contributed by atoms with E-state index in [1.807, 2.05) is 55.1 Å². The predicted octanol–water partition coefficient (Wildman–Crippen LogP) is 3.32. The normalized spacial score (nSPS) is 11.3. The van der Waals surface area contributed by atoms with E-state index in [1.54, 1.807) is 6.26 Å². The van der Waals surface area contributed by atoms with Crippen molar-refractivity contribution in [3.8, 4) is 11.5 Å². The van der Waals surface area contributed by atoms with Gasteiger partial charge in [0.05, 0.1) is 6.54 Å². The third kappa shape index (κ3) is 6.12. The van der Waals surface area contributed by atoms with E-state index in [4.69, 9.17) is 4.42 Å². The summed E-state index contributed by atoms with van der Waals surface area (Å²) >= 11 is 1.84. The van der Waals surface area contributed by atoms with Gasteiger partial charge in [-0.3, -0.25) is 0 Å². The zero-order valence-electron chi connectivity index (χ0n) is 14.0. The second-order valence-corrected chi connectivity index (χ2v) is 6.15. The minimum atomic E-state index is 0.478. The molecule has 0 unspecified atom stereocenters. The van der Waals surface area contributed by atoms with Crippen LogP contribution in [0.1, 0.15) is 12.6 Å². The third-order valence-electron chi connectivity index (χ3n) is 3.09. The van der Waals surface area contributed by atoms with Crippen molar-refractivity contribution in [3.05, 3.63) is 54.9 Å². The molecule has 0 amide bonds. The summed E-state index contributed by atoms with van der Waals surface area (Å²) in [7, 11) is 0. The molecule has 0 spiro atoms. The first-order chi connectivity index (χ1) is 11.8. The Morgan fingerprint density at radius 2 is 2.17 bits per heavy atom. The Morgan fingerprint density at radius 3 is 2.92 bits per heavy atom. The molecule has 0 aliphatic heterocycles. The maximum atomic E-state index is 5.53. The van der Waals surface area contributed by atoms with E-state index < -0.39 is 0 Å². The van der Waals surface area contributed by atoms with Crippen molar-refractivity contribution in [3.63, 3.8) is 0 Å². The van der Waals surface area contributed by atoms with Crippen LogP contribution >= 0.6 is 11.8 Å². The standard InChI is InChI=1S/C18H24N4OS/c1-3-11-24-12-10-20-18(19-4-2)21-13-16-14-23-17(22-16)15-8-6-5-7-9-15/h3,5-9,14H,1,4,10-13H2,2H3,(H2,19,20,21). The summed E-state index contributed by atoms with van der Waals surface area (Å²) in [5.41, 5.74) is 1.78. The highest BCUT2D eigenvalue weighted by molar-refractivity contribution is 7.99. The molecule has 24 heavy (non-hydrogen) atoms. The lowest BCUT2D eigenvalue weighted by molar-refractivity contribution is 0.572. The van der Waals surface area contributed by atoms with Gasteiger partial charge in [-0.2, -0.15) is 11.8 Å². The summed E-state index contributed by atoms with van der Waals surface area (Å²) in [6, 6.07) is 9.86. The zero-order valence-corrected chi connectivity index (χ0v) is 14.8. The minimum Gasteiger partial charge on any atom is -0.444 e. The van der Waals surface area contributed by atoms with Gasteiger partial charge in [0.15, 0.2) is 5.96 Å². The summed E-state index contributed by atoms with van der Waals surface area (Å²) in [5, 5.41) is 6.55. The number of aliphatic imine (C=N–C) groups is 1. The maximum absolute atomic E-state index is 5.53. The molecule has 0 fully saturated rings. The highest BCUT2D eigenvalue weighted by atomic mass is 32.2. The van der Waals surface area contributed by atoms with E-state index in [-0.39, 0.29) is 0 Å². The number of guanidine groups is 1. The molecule has 1 aromatic heterocycles. The smallest absolute Gasteiger partial charge is 0.226 e. The maximum Gasteiger partial charge on any atom is 0.226 e. The van der Waals surface area contributed by atoms with Crippen molar-refractivity contribution in [1.82, 2.24) is 15.6 Å². The van der Waals surface area contributed by atoms with Crippen LogP contribution in [0.4, 0.5) is 0 Å². The molecule has 128 valence electrons. The van der Waals surface area contributed by atoms with Gasteiger partial charge in [0.1, 0.15) is 12.0 Å². The van der Waals surface area contributed by atoms with Crippen molar-refractivity contribution in [1.29, 1.82) is 0 Å². The molecule has 0 aliphatic rings. The van der Waals surface area contributed by atoms with Gasteiger partial charge >= 0.3 is 0 Å². The van der Waals surface area contributed by atoms with E-state index in [0.29, 0.717) is 12.4 Å². The highest BCUT2D eigenvalue weighted by Crippen LogP contribution is 2.18. The van der Waals surface area contributed by atoms with Crippen LogP contribution in [0, 0.1) is 0 Å². The van der Waals surface area contributed by atoms with Crippen LogP contribution in [0.5, 0.6) is 0 Å². The summed E-state index contributed by atoms with van der Waals surface area (Å²) < 4.78 is 5.53. The number of benzene rings is 1. The summed E-state index contributed by atoms with van der Waals surface area (Å²) in [6.45, 7) is 7.92. The van der Waals surface area contributed by atoms with Crippen LogP contribution in [-0.2, 0) is 6.54 Å². The first-order valence-electron chi connectivity index (χ1n) is 8.04. The lowest BCUT2D eigenvalue weighted by Crippen LogP contribution is -2.38. The SMILES string of the molecule is C=CCSCCNC(=NCc1coc(-c2ccccc2)n1)NCC. The van der Waals surface area contributed by atoms with Crippen molar-refractivity contribution in [2.75, 3.05) is 24.6 Å². The molecule has 0 saturated carbocycles. The molecule has 2 aromatic rings. The molecule has 0 bridgehead atoms. The van der Waals surface area contributed by atoms with Crippen LogP contribution in [0.2, 0.25) is 0 Å². The minimum absolute atomic E-state index is 0.478. The molecule has 1 aromatic carbocycles. The van der Waals surface area contributed by atoms with Gasteiger partial charge in [-0.15, -0.1) is 6.58 Å². The molecular weight excluding hydrogens is 320 g/mol. The fourth-order valence-corrected chi connectivity index (χ4v) is 2.58. The Hall–Kier alpha value is -2.21. The topological polar surface area (TPSA) is 62.5 Å². The lowest BCUT2D eigenvalue weighted by atomic mass is 10.2. The number of hydrogen-bond acceptors (Lipinski definition) is 4. The molecule has 2 N–H and O–H groups in total. The summed E-state index contributed by atoms with van der Waals surface area (Å²) in [4.78, 5) is 9.04. The molecule has 5 nitrogen and oxygen atoms in total. The molecule has 1 heterocycles. The Bertz CT molecular complexity index is 639. The van der Waals surface area contributed by atoms with Gasteiger partial charge in [-0.05, 0) is 19.1 Å². The average molecular weight is 344 g/mol. The number of hydrogen-bond donors (Lipinski definition) is 2. The monoisotopic (exact) mass is 344 g/mol. The van der Waals surface area contributed by atoms with Crippen molar-refractivity contribution in [2.45, 2.75) is 13.5 Å². The third-order valence-corrected chi connectivity index (χ3v) is 4.05. The first kappa shape index (κ1) is 18.1. The van der Waals surface area contributed by atoms with Crippen molar-refractivity contribution >= 4 is 17.7 Å². The molecule has 0 atom stereocenters. The quantitative estimate of drug-likeness (QED) is 0.316. The lowest BCUT2D eigenvalue weighted by Gasteiger charge is -2.10. The number of rotatable bonds is 9. The molecule has 2 rings (SSSR count). The molecule has 6 heteroatoms. The Balaban J connectivity index is 1.88. The van der Waals surface area contributed by atoms with E-state index in [0.717, 1.165) is 41.8 Å². The van der Waals surface area contributed by atoms with Crippen LogP contribution in [0.3, 0.4) is 0 Å². The Kier molecular flexibility index (Phi) is 7.97. The summed E-state index contributed by atoms with van der Waals surface area (Å²) in [6.07, 6.45) is 3.58. The second kappa shape index (κ2) is 10.5. The van der Waals surface area contributed by atoms with Gasteiger partial charge in [-0.1, -0.05) is 24.3 Å². The highest BCUT2D eigenvalue weighted by Gasteiger charge is 2.06.